The van der Waals surface area contributed by atoms with Crippen molar-refractivity contribution in [2.75, 3.05) is 11.9 Å². The summed E-state index contributed by atoms with van der Waals surface area (Å²) in [7, 11) is 0. The van der Waals surface area contributed by atoms with Crippen LogP contribution in [0, 0.1) is 0 Å². The van der Waals surface area contributed by atoms with E-state index in [9.17, 15) is 4.79 Å². The van der Waals surface area contributed by atoms with E-state index >= 15 is 0 Å². The lowest BCUT2D eigenvalue weighted by atomic mass is 10.3. The van der Waals surface area contributed by atoms with Crippen molar-refractivity contribution in [3.05, 3.63) is 78.0 Å². The number of aryl methyl sites for hydroxylation is 1. The lowest BCUT2D eigenvalue weighted by Crippen LogP contribution is -2.35. The van der Waals surface area contributed by atoms with Crippen LogP contribution in [0.3, 0.4) is 0 Å². The second-order valence-corrected chi connectivity index (χ2v) is 7.24. The predicted octanol–water partition coefficient (Wildman–Crippen LogP) is 4.78. The van der Waals surface area contributed by atoms with Crippen LogP contribution in [0.15, 0.2) is 72.9 Å². The first-order chi connectivity index (χ1) is 13.1. The van der Waals surface area contributed by atoms with E-state index in [1.54, 1.807) is 18.3 Å². The molecule has 0 aliphatic rings. The Hall–Kier alpha value is -2.92. The summed E-state index contributed by atoms with van der Waals surface area (Å²) in [6, 6.07) is 18.4. The summed E-state index contributed by atoms with van der Waals surface area (Å²) in [6.07, 6.45) is 4.78. The quantitative estimate of drug-likeness (QED) is 0.265. The standard InChI is InChI=1S/C22H22N2O2S/c1-17(2)22(25)26-16-8-15-24-19-11-6-7-12-20(19)27-21(24)13-14-23-18-9-4-3-5-10-18/h3-7,9-14H,1,8,15-16H2,2H3/p+1. The van der Waals surface area contributed by atoms with Crippen molar-refractivity contribution in [1.29, 1.82) is 0 Å². The van der Waals surface area contributed by atoms with Gasteiger partial charge in [-0.15, -0.1) is 0 Å². The van der Waals surface area contributed by atoms with Crippen LogP contribution in [0.1, 0.15) is 18.4 Å². The maximum atomic E-state index is 11.5. The molecule has 0 saturated carbocycles. The average Bonchev–Trinajstić information content (AvgIpc) is 3.03. The topological polar surface area (TPSA) is 42.2 Å². The van der Waals surface area contributed by atoms with Crippen molar-refractivity contribution in [2.24, 2.45) is 0 Å². The molecular formula is C22H23N2O2S+. The number of ether oxygens (including phenoxy) is 1. The maximum Gasteiger partial charge on any atom is 0.333 e. The number of anilines is 1. The van der Waals surface area contributed by atoms with Gasteiger partial charge in [0.15, 0.2) is 6.54 Å². The van der Waals surface area contributed by atoms with E-state index in [4.69, 9.17) is 4.74 Å². The molecule has 138 valence electrons. The number of carbonyl (C=O) groups is 1. The second-order valence-electron chi connectivity index (χ2n) is 6.17. The molecule has 27 heavy (non-hydrogen) atoms. The highest BCUT2D eigenvalue weighted by Gasteiger charge is 2.18. The highest BCUT2D eigenvalue weighted by Crippen LogP contribution is 2.21. The van der Waals surface area contributed by atoms with Crippen molar-refractivity contribution in [3.63, 3.8) is 0 Å². The van der Waals surface area contributed by atoms with Crippen molar-refractivity contribution in [3.8, 4) is 0 Å². The van der Waals surface area contributed by atoms with E-state index in [-0.39, 0.29) is 5.97 Å². The molecule has 0 unspecified atom stereocenters. The predicted molar refractivity (Wildman–Crippen MR) is 112 cm³/mol. The van der Waals surface area contributed by atoms with Crippen LogP contribution in [-0.2, 0) is 16.1 Å². The van der Waals surface area contributed by atoms with Gasteiger partial charge in [0.25, 0.3) is 5.01 Å². The number of hydrogen-bond donors (Lipinski definition) is 1. The summed E-state index contributed by atoms with van der Waals surface area (Å²) in [4.78, 5) is 11.5. The van der Waals surface area contributed by atoms with E-state index in [1.165, 1.54) is 10.2 Å². The van der Waals surface area contributed by atoms with Crippen LogP contribution in [0.5, 0.6) is 0 Å². The van der Waals surface area contributed by atoms with Gasteiger partial charge in [0, 0.05) is 36.0 Å². The Kier molecular flexibility index (Phi) is 6.39. The molecule has 5 heteroatoms. The van der Waals surface area contributed by atoms with Gasteiger partial charge in [-0.25, -0.2) is 4.79 Å². The zero-order valence-electron chi connectivity index (χ0n) is 15.4. The first kappa shape index (κ1) is 18.9. The number of nitrogens with zero attached hydrogens (tertiary/aromatic N) is 1. The fourth-order valence-corrected chi connectivity index (χ4v) is 3.75. The molecule has 0 aliphatic carbocycles. The Morgan fingerprint density at radius 2 is 1.93 bits per heavy atom. The van der Waals surface area contributed by atoms with Crippen LogP contribution in [-0.4, -0.2) is 12.6 Å². The molecule has 0 radical (unpaired) electrons. The van der Waals surface area contributed by atoms with Gasteiger partial charge in [-0.1, -0.05) is 48.2 Å². The van der Waals surface area contributed by atoms with Gasteiger partial charge in [-0.3, -0.25) is 0 Å². The molecule has 0 saturated heterocycles. The van der Waals surface area contributed by atoms with Gasteiger partial charge >= 0.3 is 5.97 Å². The van der Waals surface area contributed by atoms with Crippen molar-refractivity contribution >= 4 is 39.3 Å². The Balaban J connectivity index is 1.71. The number of fused-ring (bicyclic) bond motifs is 1. The van der Waals surface area contributed by atoms with Crippen LogP contribution in [0.25, 0.3) is 16.3 Å². The van der Waals surface area contributed by atoms with Crippen LogP contribution < -0.4 is 9.88 Å². The number of benzene rings is 2. The molecule has 2 aromatic carbocycles. The lowest BCUT2D eigenvalue weighted by Gasteiger charge is -2.03. The molecule has 1 N–H and O–H groups in total. The minimum Gasteiger partial charge on any atom is -0.462 e. The summed E-state index contributed by atoms with van der Waals surface area (Å²) >= 11 is 1.74. The molecule has 0 aliphatic heterocycles. The number of nitrogens with one attached hydrogen (secondary N) is 1. The number of aromatic nitrogens is 1. The first-order valence-corrected chi connectivity index (χ1v) is 9.69. The highest BCUT2D eigenvalue weighted by molar-refractivity contribution is 7.18. The van der Waals surface area contributed by atoms with Gasteiger partial charge in [0.1, 0.15) is 4.70 Å². The van der Waals surface area contributed by atoms with Crippen LogP contribution in [0.4, 0.5) is 5.69 Å². The first-order valence-electron chi connectivity index (χ1n) is 8.87. The second kappa shape index (κ2) is 9.14. The molecule has 3 rings (SSSR count). The number of hydrogen-bond acceptors (Lipinski definition) is 4. The van der Waals surface area contributed by atoms with E-state index in [0.29, 0.717) is 12.2 Å². The molecule has 0 spiro atoms. The van der Waals surface area contributed by atoms with Crippen LogP contribution in [0.2, 0.25) is 0 Å². The molecule has 3 aromatic rings. The fraction of sp³-hybridized carbons (Fsp3) is 0.182. The van der Waals surface area contributed by atoms with E-state index in [0.717, 1.165) is 23.7 Å². The largest absolute Gasteiger partial charge is 0.462 e. The summed E-state index contributed by atoms with van der Waals surface area (Å²) in [5, 5.41) is 4.44. The summed E-state index contributed by atoms with van der Waals surface area (Å²) < 4.78 is 8.71. The van der Waals surface area contributed by atoms with Crippen molar-refractivity contribution in [2.45, 2.75) is 19.9 Å². The van der Waals surface area contributed by atoms with Gasteiger partial charge < -0.3 is 10.1 Å². The Labute approximate surface area is 163 Å². The smallest absolute Gasteiger partial charge is 0.333 e. The molecule has 0 amide bonds. The normalized spacial score (nSPS) is 11.0. The lowest BCUT2D eigenvalue weighted by molar-refractivity contribution is -0.669. The third kappa shape index (κ3) is 5.05. The zero-order chi connectivity index (χ0) is 19.1. The Morgan fingerprint density at radius 1 is 1.19 bits per heavy atom. The number of esters is 1. The highest BCUT2D eigenvalue weighted by atomic mass is 32.1. The summed E-state index contributed by atoms with van der Waals surface area (Å²) in [5.74, 6) is -0.331. The average molecular weight is 380 g/mol. The van der Waals surface area contributed by atoms with Gasteiger partial charge in [-0.2, -0.15) is 4.57 Å². The number of rotatable bonds is 8. The van der Waals surface area contributed by atoms with Gasteiger partial charge in [-0.05, 0) is 25.1 Å². The molecule has 0 atom stereocenters. The summed E-state index contributed by atoms with van der Waals surface area (Å²) in [6.45, 7) is 6.42. The zero-order valence-corrected chi connectivity index (χ0v) is 16.2. The van der Waals surface area contributed by atoms with Crippen molar-refractivity contribution < 1.29 is 14.1 Å². The van der Waals surface area contributed by atoms with E-state index < -0.39 is 0 Å². The maximum absolute atomic E-state index is 11.5. The fourth-order valence-electron chi connectivity index (χ4n) is 2.66. The molecule has 4 nitrogen and oxygen atoms in total. The monoisotopic (exact) mass is 379 g/mol. The molecule has 0 bridgehead atoms. The molecular weight excluding hydrogens is 356 g/mol. The SMILES string of the molecule is C=C(C)C(=O)OCCC[n+]1c(/C=C/Nc2ccccc2)sc2ccccc21. The third-order valence-corrected chi connectivity index (χ3v) is 5.12. The number of carbonyl (C=O) groups excluding carboxylic acids is 1. The van der Waals surface area contributed by atoms with Gasteiger partial charge in [0.2, 0.25) is 5.52 Å². The third-order valence-electron chi connectivity index (χ3n) is 3.99. The van der Waals surface area contributed by atoms with Crippen LogP contribution >= 0.6 is 11.3 Å². The van der Waals surface area contributed by atoms with E-state index in [2.05, 4.69) is 34.7 Å². The Bertz CT molecular complexity index is 961. The van der Waals surface area contributed by atoms with Crippen molar-refractivity contribution in [1.82, 2.24) is 0 Å². The summed E-state index contributed by atoms with van der Waals surface area (Å²) in [5.41, 5.74) is 2.67. The number of thiazole rings is 1. The Morgan fingerprint density at radius 3 is 2.70 bits per heavy atom. The minimum absolute atomic E-state index is 0.331. The molecule has 1 aromatic heterocycles. The molecule has 0 fully saturated rings. The van der Waals surface area contributed by atoms with E-state index in [1.807, 2.05) is 48.7 Å². The number of para-hydroxylation sites is 2. The van der Waals surface area contributed by atoms with Gasteiger partial charge in [0.05, 0.1) is 6.61 Å². The minimum atomic E-state index is -0.331. The molecule has 1 heterocycles.